The first-order valence-corrected chi connectivity index (χ1v) is 10.9. The Hall–Kier alpha value is -2.57. The van der Waals surface area contributed by atoms with Crippen molar-refractivity contribution in [2.24, 2.45) is 0 Å². The minimum Gasteiger partial charge on any atom is -0.444 e. The van der Waals surface area contributed by atoms with Crippen molar-refractivity contribution in [3.63, 3.8) is 0 Å². The van der Waals surface area contributed by atoms with E-state index in [1.165, 1.54) is 23.3 Å². The summed E-state index contributed by atoms with van der Waals surface area (Å²) in [5.41, 5.74) is 0.439. The number of ether oxygens (including phenoxy) is 1. The van der Waals surface area contributed by atoms with Gasteiger partial charge in [0.2, 0.25) is 0 Å². The van der Waals surface area contributed by atoms with Crippen LogP contribution >= 0.6 is 0 Å². The Kier molecular flexibility index (Phi) is 5.03. The second-order valence-electron chi connectivity index (χ2n) is 9.53. The Balaban J connectivity index is 1.53. The summed E-state index contributed by atoms with van der Waals surface area (Å²) in [6.07, 6.45) is 2.89. The molecule has 2 saturated heterocycles. The fourth-order valence-electron chi connectivity index (χ4n) is 4.56. The highest BCUT2D eigenvalue weighted by atomic mass is 16.6. The Bertz CT molecular complexity index is 846. The molecule has 2 heterocycles. The van der Waals surface area contributed by atoms with Crippen molar-refractivity contribution in [2.75, 3.05) is 24.5 Å². The molecule has 4 rings (SSSR count). The van der Waals surface area contributed by atoms with Crippen LogP contribution in [-0.4, -0.2) is 58.6 Å². The number of urea groups is 1. The Morgan fingerprint density at radius 2 is 1.70 bits per heavy atom. The van der Waals surface area contributed by atoms with Crippen molar-refractivity contribution >= 4 is 23.7 Å². The number of anilines is 1. The molecule has 0 atom stereocenters. The van der Waals surface area contributed by atoms with Crippen LogP contribution in [0.2, 0.25) is 0 Å². The summed E-state index contributed by atoms with van der Waals surface area (Å²) < 4.78 is 5.47. The van der Waals surface area contributed by atoms with Crippen molar-refractivity contribution in [1.82, 2.24) is 9.80 Å². The molecule has 3 aliphatic rings. The third-order valence-electron chi connectivity index (χ3n) is 6.30. The average Bonchev–Trinajstić information content (AvgIpc) is 3.51. The summed E-state index contributed by atoms with van der Waals surface area (Å²) in [5, 5.41) is 0. The average molecular weight is 414 g/mol. The zero-order chi connectivity index (χ0) is 21.7. The lowest BCUT2D eigenvalue weighted by Crippen LogP contribution is -2.57. The van der Waals surface area contributed by atoms with E-state index < -0.39 is 11.1 Å². The quantitative estimate of drug-likeness (QED) is 0.699. The molecule has 1 aromatic rings. The maximum atomic E-state index is 13.5. The smallest absolute Gasteiger partial charge is 0.410 e. The summed E-state index contributed by atoms with van der Waals surface area (Å²) in [7, 11) is 0. The van der Waals surface area contributed by atoms with Gasteiger partial charge in [-0.1, -0.05) is 12.1 Å². The highest BCUT2D eigenvalue weighted by molar-refractivity contribution is 6.23. The van der Waals surface area contributed by atoms with Crippen LogP contribution in [-0.2, 0) is 9.53 Å². The number of piperidine rings is 1. The molecular weight excluding hydrogens is 382 g/mol. The van der Waals surface area contributed by atoms with Gasteiger partial charge in [0.15, 0.2) is 0 Å². The first-order valence-electron chi connectivity index (χ1n) is 10.9. The third kappa shape index (κ3) is 3.55. The van der Waals surface area contributed by atoms with Gasteiger partial charge in [-0.25, -0.2) is 14.5 Å². The summed E-state index contributed by atoms with van der Waals surface area (Å²) in [4.78, 5) is 43.8. The largest absolute Gasteiger partial charge is 0.444 e. The van der Waals surface area contributed by atoms with Gasteiger partial charge in [-0.05, 0) is 77.0 Å². The van der Waals surface area contributed by atoms with Crippen molar-refractivity contribution in [2.45, 2.75) is 70.4 Å². The van der Waals surface area contributed by atoms with E-state index in [4.69, 9.17) is 4.74 Å². The normalized spacial score (nSPS) is 21.5. The number of nitrogens with zero attached hydrogens (tertiary/aromatic N) is 3. The van der Waals surface area contributed by atoms with Gasteiger partial charge in [0.25, 0.3) is 5.91 Å². The molecule has 30 heavy (non-hydrogen) atoms. The molecule has 0 unspecified atom stereocenters. The molecule has 0 radical (unpaired) electrons. The van der Waals surface area contributed by atoms with Crippen LogP contribution in [0.25, 0.3) is 0 Å². The number of carbonyl (C=O) groups is 3. The van der Waals surface area contributed by atoms with E-state index in [1.807, 2.05) is 52.0 Å². The van der Waals surface area contributed by atoms with Crippen molar-refractivity contribution in [3.8, 4) is 0 Å². The number of amides is 4. The van der Waals surface area contributed by atoms with Crippen LogP contribution < -0.4 is 4.90 Å². The topological polar surface area (TPSA) is 70.2 Å². The number of imide groups is 1. The van der Waals surface area contributed by atoms with Gasteiger partial charge in [-0.3, -0.25) is 4.79 Å². The first kappa shape index (κ1) is 20.7. The van der Waals surface area contributed by atoms with Crippen LogP contribution in [0.5, 0.6) is 0 Å². The van der Waals surface area contributed by atoms with Gasteiger partial charge in [0.05, 0.1) is 5.69 Å². The second-order valence-corrected chi connectivity index (χ2v) is 9.53. The Morgan fingerprint density at radius 3 is 2.20 bits per heavy atom. The maximum absolute atomic E-state index is 13.5. The lowest BCUT2D eigenvalue weighted by atomic mass is 9.86. The summed E-state index contributed by atoms with van der Waals surface area (Å²) in [5.74, 6) is 0.442. The predicted molar refractivity (Wildman–Crippen MR) is 113 cm³/mol. The number of hydrogen-bond donors (Lipinski definition) is 0. The minimum atomic E-state index is -0.889. The molecule has 4 amide bonds. The highest BCUT2D eigenvalue weighted by Crippen LogP contribution is 2.42. The summed E-state index contributed by atoms with van der Waals surface area (Å²) >= 11 is 0. The zero-order valence-electron chi connectivity index (χ0n) is 18.3. The lowest BCUT2D eigenvalue weighted by molar-refractivity contribution is -0.127. The summed E-state index contributed by atoms with van der Waals surface area (Å²) in [6, 6.07) is 7.55. The van der Waals surface area contributed by atoms with E-state index in [-0.39, 0.29) is 18.0 Å². The van der Waals surface area contributed by atoms with Crippen LogP contribution in [0.3, 0.4) is 0 Å². The van der Waals surface area contributed by atoms with Crippen molar-refractivity contribution in [1.29, 1.82) is 0 Å². The standard InChI is InChI=1S/C23H31N3O4/c1-5-25-20(28)26(18-10-8-17(9-11-18)16-6-7-16)19(27)23(25)12-14-24(15-13-23)21(29)30-22(2,3)4/h8-11,16H,5-7,12-15H2,1-4H3. The van der Waals surface area contributed by atoms with E-state index in [0.29, 0.717) is 44.1 Å². The highest BCUT2D eigenvalue weighted by Gasteiger charge is 2.58. The van der Waals surface area contributed by atoms with E-state index in [0.717, 1.165) is 0 Å². The molecule has 1 aromatic carbocycles. The van der Waals surface area contributed by atoms with Gasteiger partial charge in [-0.2, -0.15) is 0 Å². The number of benzene rings is 1. The van der Waals surface area contributed by atoms with E-state index in [9.17, 15) is 14.4 Å². The lowest BCUT2D eigenvalue weighted by Gasteiger charge is -2.41. The predicted octanol–water partition coefficient (Wildman–Crippen LogP) is 4.12. The molecule has 0 bridgehead atoms. The fourth-order valence-corrected chi connectivity index (χ4v) is 4.56. The fraction of sp³-hybridized carbons (Fsp3) is 0.609. The minimum absolute atomic E-state index is 0.183. The zero-order valence-corrected chi connectivity index (χ0v) is 18.3. The number of likely N-dealkylation sites (N-methyl/N-ethyl adjacent to an activating group) is 1. The number of rotatable bonds is 3. The number of likely N-dealkylation sites (tertiary alicyclic amines) is 1. The molecule has 7 nitrogen and oxygen atoms in total. The number of carbonyl (C=O) groups excluding carboxylic acids is 3. The Morgan fingerprint density at radius 1 is 1.10 bits per heavy atom. The van der Waals surface area contributed by atoms with Crippen LogP contribution in [0.15, 0.2) is 24.3 Å². The number of hydrogen-bond acceptors (Lipinski definition) is 4. The SMILES string of the molecule is CCN1C(=O)N(c2ccc(C3CC3)cc2)C(=O)C12CCN(C(=O)OC(C)(C)C)CC2. The Labute approximate surface area is 177 Å². The van der Waals surface area contributed by atoms with Gasteiger partial charge in [-0.15, -0.1) is 0 Å². The molecule has 0 N–H and O–H groups in total. The van der Waals surface area contributed by atoms with Crippen molar-refractivity contribution < 1.29 is 19.1 Å². The van der Waals surface area contributed by atoms with Crippen LogP contribution in [0.1, 0.15) is 64.9 Å². The molecular formula is C23H31N3O4. The van der Waals surface area contributed by atoms with Crippen molar-refractivity contribution in [3.05, 3.63) is 29.8 Å². The van der Waals surface area contributed by atoms with Gasteiger partial charge < -0.3 is 14.5 Å². The van der Waals surface area contributed by atoms with Crippen LogP contribution in [0, 0.1) is 0 Å². The van der Waals surface area contributed by atoms with E-state index in [2.05, 4.69) is 0 Å². The molecule has 1 spiro atoms. The first-order chi connectivity index (χ1) is 14.2. The molecule has 1 aliphatic carbocycles. The van der Waals surface area contributed by atoms with Gasteiger partial charge in [0.1, 0.15) is 11.1 Å². The van der Waals surface area contributed by atoms with Crippen LogP contribution in [0.4, 0.5) is 15.3 Å². The molecule has 3 fully saturated rings. The molecule has 162 valence electrons. The summed E-state index contributed by atoms with van der Waals surface area (Å²) in [6.45, 7) is 8.63. The third-order valence-corrected chi connectivity index (χ3v) is 6.30. The molecule has 1 saturated carbocycles. The molecule has 7 heteroatoms. The van der Waals surface area contributed by atoms with Gasteiger partial charge >= 0.3 is 12.1 Å². The maximum Gasteiger partial charge on any atom is 0.410 e. The van der Waals surface area contributed by atoms with Gasteiger partial charge in [0, 0.05) is 19.6 Å². The van der Waals surface area contributed by atoms with E-state index in [1.54, 1.807) is 9.80 Å². The monoisotopic (exact) mass is 413 g/mol. The van der Waals surface area contributed by atoms with E-state index >= 15 is 0 Å². The second kappa shape index (κ2) is 7.29. The molecule has 0 aromatic heterocycles. The molecule has 2 aliphatic heterocycles.